The molecule has 1 aromatic carbocycles. The number of benzene rings is 1. The lowest BCUT2D eigenvalue weighted by Gasteiger charge is -2.12. The first-order valence-corrected chi connectivity index (χ1v) is 4.83. The van der Waals surface area contributed by atoms with E-state index in [4.69, 9.17) is 4.74 Å². The van der Waals surface area contributed by atoms with Gasteiger partial charge < -0.3 is 4.74 Å². The van der Waals surface area contributed by atoms with Gasteiger partial charge in [0.25, 0.3) is 0 Å². The van der Waals surface area contributed by atoms with Gasteiger partial charge in [0.05, 0.1) is 12.8 Å². The van der Waals surface area contributed by atoms with Gasteiger partial charge in [-0.1, -0.05) is 11.3 Å². The molecule has 16 heavy (non-hydrogen) atoms. The zero-order valence-electron chi connectivity index (χ0n) is 8.83. The second-order valence-corrected chi connectivity index (χ2v) is 3.18. The molecule has 0 saturated carbocycles. The molecule has 0 fully saturated rings. The Kier molecular flexibility index (Phi) is 3.03. The molecule has 0 spiro atoms. The Hall–Kier alpha value is -2.07. The summed E-state index contributed by atoms with van der Waals surface area (Å²) >= 11 is 0. The summed E-state index contributed by atoms with van der Waals surface area (Å²) in [6.45, 7) is 0. The Morgan fingerprint density at radius 2 is 1.88 bits per heavy atom. The molecule has 0 saturated heterocycles. The second kappa shape index (κ2) is 4.63. The number of hydrogen-bond acceptors (Lipinski definition) is 3. The van der Waals surface area contributed by atoms with Crippen LogP contribution in [-0.4, -0.2) is 12.1 Å². The van der Waals surface area contributed by atoms with E-state index in [-0.39, 0.29) is 0 Å². The topological polar surface area (TPSA) is 45.3 Å². The molecular formula is C12H11N2O2. The summed E-state index contributed by atoms with van der Waals surface area (Å²) < 4.78 is 5.02. The Morgan fingerprint density at radius 1 is 1.12 bits per heavy atom. The molecule has 1 radical (unpaired) electrons. The Bertz CT molecular complexity index is 442. The molecule has 81 valence electrons. The lowest BCUT2D eigenvalue weighted by atomic mass is 10.3. The molecule has 0 aliphatic heterocycles. The summed E-state index contributed by atoms with van der Waals surface area (Å²) in [7, 11) is 1.59. The van der Waals surface area contributed by atoms with Crippen LogP contribution in [0.15, 0.2) is 48.7 Å². The van der Waals surface area contributed by atoms with Crippen LogP contribution in [0.4, 0.5) is 11.5 Å². The lowest BCUT2D eigenvalue weighted by molar-refractivity contribution is 0.193. The van der Waals surface area contributed by atoms with E-state index in [1.54, 1.807) is 55.8 Å². The Labute approximate surface area is 93.7 Å². The summed E-state index contributed by atoms with van der Waals surface area (Å²) in [5.41, 5.74) is 0.527. The van der Waals surface area contributed by atoms with Gasteiger partial charge in [0.2, 0.25) is 0 Å². The minimum atomic E-state index is 0.368. The van der Waals surface area contributed by atoms with Crippen molar-refractivity contribution in [1.82, 2.24) is 4.98 Å². The van der Waals surface area contributed by atoms with E-state index in [2.05, 4.69) is 4.98 Å². The molecule has 1 heterocycles. The SMILES string of the molecule is COc1ccc(N([O])c2ccccn2)cc1. The molecule has 0 aliphatic carbocycles. The van der Waals surface area contributed by atoms with Crippen molar-refractivity contribution in [1.29, 1.82) is 0 Å². The van der Waals surface area contributed by atoms with Crippen LogP contribution >= 0.6 is 0 Å². The summed E-state index contributed by atoms with van der Waals surface area (Å²) in [4.78, 5) is 3.98. The van der Waals surface area contributed by atoms with Crippen LogP contribution in [0.5, 0.6) is 5.75 Å². The third-order valence-electron chi connectivity index (χ3n) is 2.16. The van der Waals surface area contributed by atoms with Crippen LogP contribution in [0.3, 0.4) is 0 Å². The van der Waals surface area contributed by atoms with Crippen LogP contribution in [0.25, 0.3) is 0 Å². The molecule has 2 rings (SSSR count). The van der Waals surface area contributed by atoms with Gasteiger partial charge in [-0.05, 0) is 36.4 Å². The number of pyridine rings is 1. The summed E-state index contributed by atoms with van der Waals surface area (Å²) in [5, 5.41) is 12.6. The van der Waals surface area contributed by atoms with Crippen molar-refractivity contribution in [2.24, 2.45) is 0 Å². The van der Waals surface area contributed by atoms with Crippen LogP contribution in [0, 0.1) is 0 Å². The minimum absolute atomic E-state index is 0.368. The number of hydrogen-bond donors (Lipinski definition) is 0. The average Bonchev–Trinajstić information content (AvgIpc) is 2.39. The highest BCUT2D eigenvalue weighted by Crippen LogP contribution is 2.23. The fraction of sp³-hybridized carbons (Fsp3) is 0.0833. The van der Waals surface area contributed by atoms with Gasteiger partial charge in [-0.15, -0.1) is 0 Å². The smallest absolute Gasteiger partial charge is 0.161 e. The predicted molar refractivity (Wildman–Crippen MR) is 60.1 cm³/mol. The quantitative estimate of drug-likeness (QED) is 0.739. The van der Waals surface area contributed by atoms with E-state index in [1.165, 1.54) is 0 Å². The second-order valence-electron chi connectivity index (χ2n) is 3.18. The Balaban J connectivity index is 2.24. The van der Waals surface area contributed by atoms with E-state index in [0.29, 0.717) is 11.5 Å². The monoisotopic (exact) mass is 215 g/mol. The van der Waals surface area contributed by atoms with Gasteiger partial charge in [-0.3, -0.25) is 0 Å². The molecule has 0 amide bonds. The molecule has 0 unspecified atom stereocenters. The molecule has 0 atom stereocenters. The standard InChI is InChI=1S/C12H11N2O2/c1-16-11-7-5-10(6-8-11)14(15)12-4-2-3-9-13-12/h2-9H,1H3. The van der Waals surface area contributed by atoms with Crippen molar-refractivity contribution < 1.29 is 9.94 Å². The van der Waals surface area contributed by atoms with Crippen LogP contribution in [0.2, 0.25) is 0 Å². The van der Waals surface area contributed by atoms with Gasteiger partial charge in [-0.25, -0.2) is 4.98 Å². The van der Waals surface area contributed by atoms with Gasteiger partial charge in [-0.2, -0.15) is 5.06 Å². The van der Waals surface area contributed by atoms with Crippen LogP contribution in [0.1, 0.15) is 0 Å². The Morgan fingerprint density at radius 3 is 2.44 bits per heavy atom. The van der Waals surface area contributed by atoms with E-state index in [9.17, 15) is 5.21 Å². The van der Waals surface area contributed by atoms with Crippen LogP contribution in [-0.2, 0) is 5.21 Å². The molecule has 4 heteroatoms. The maximum absolute atomic E-state index is 11.9. The number of anilines is 2. The highest BCUT2D eigenvalue weighted by molar-refractivity contribution is 5.57. The number of methoxy groups -OCH3 is 1. The zero-order valence-corrected chi connectivity index (χ0v) is 8.83. The third kappa shape index (κ3) is 2.12. The number of nitrogens with zero attached hydrogens (tertiary/aromatic N) is 2. The first-order chi connectivity index (χ1) is 7.81. The minimum Gasteiger partial charge on any atom is -0.497 e. The molecule has 0 aliphatic rings. The van der Waals surface area contributed by atoms with Crippen molar-refractivity contribution in [3.63, 3.8) is 0 Å². The first-order valence-electron chi connectivity index (χ1n) is 4.83. The fourth-order valence-electron chi connectivity index (χ4n) is 1.32. The molecule has 1 aromatic heterocycles. The van der Waals surface area contributed by atoms with Crippen molar-refractivity contribution in [3.8, 4) is 5.75 Å². The van der Waals surface area contributed by atoms with Crippen molar-refractivity contribution in [2.45, 2.75) is 0 Å². The highest BCUT2D eigenvalue weighted by Gasteiger charge is 2.08. The maximum atomic E-state index is 11.9. The largest absolute Gasteiger partial charge is 0.497 e. The van der Waals surface area contributed by atoms with Crippen molar-refractivity contribution >= 4 is 11.5 Å². The maximum Gasteiger partial charge on any atom is 0.161 e. The molecule has 4 nitrogen and oxygen atoms in total. The fourth-order valence-corrected chi connectivity index (χ4v) is 1.32. The van der Waals surface area contributed by atoms with Crippen molar-refractivity contribution in [3.05, 3.63) is 48.7 Å². The third-order valence-corrected chi connectivity index (χ3v) is 2.16. The van der Waals surface area contributed by atoms with Crippen LogP contribution < -0.4 is 9.80 Å². The number of ether oxygens (including phenoxy) is 1. The first kappa shape index (κ1) is 10.4. The summed E-state index contributed by atoms with van der Waals surface area (Å²) in [6.07, 6.45) is 1.59. The normalized spacial score (nSPS) is 9.88. The van der Waals surface area contributed by atoms with Gasteiger partial charge >= 0.3 is 0 Å². The summed E-state index contributed by atoms with van der Waals surface area (Å²) in [6, 6.07) is 12.1. The van der Waals surface area contributed by atoms with Crippen molar-refractivity contribution in [2.75, 3.05) is 12.2 Å². The molecule has 2 aromatic rings. The van der Waals surface area contributed by atoms with Gasteiger partial charge in [0, 0.05) is 6.20 Å². The average molecular weight is 215 g/mol. The molecular weight excluding hydrogens is 204 g/mol. The zero-order chi connectivity index (χ0) is 11.4. The molecule has 0 N–H and O–H groups in total. The lowest BCUT2D eigenvalue weighted by Crippen LogP contribution is -2.09. The van der Waals surface area contributed by atoms with E-state index < -0.39 is 0 Å². The van der Waals surface area contributed by atoms with E-state index in [1.807, 2.05) is 0 Å². The van der Waals surface area contributed by atoms with E-state index in [0.717, 1.165) is 10.8 Å². The van der Waals surface area contributed by atoms with E-state index >= 15 is 0 Å². The van der Waals surface area contributed by atoms with Gasteiger partial charge in [0.15, 0.2) is 5.82 Å². The predicted octanol–water partition coefficient (Wildman–Crippen LogP) is 2.57. The van der Waals surface area contributed by atoms with Gasteiger partial charge in [0.1, 0.15) is 5.75 Å². The summed E-state index contributed by atoms with van der Waals surface area (Å²) in [5.74, 6) is 1.09. The number of aromatic nitrogens is 1. The number of rotatable bonds is 3. The molecule has 0 bridgehead atoms. The highest BCUT2D eigenvalue weighted by atomic mass is 16.5.